The number of hydrogen-bond donors (Lipinski definition) is 1. The largest absolute Gasteiger partial charge is 0.417 e. The Morgan fingerprint density at radius 1 is 1.04 bits per heavy atom. The molecule has 0 unspecified atom stereocenters. The average Bonchev–Trinajstić information content (AvgIpc) is 2.54. The monoisotopic (exact) mass is 387 g/mol. The van der Waals surface area contributed by atoms with E-state index in [0.717, 1.165) is 18.3 Å². The minimum absolute atomic E-state index is 0.136. The van der Waals surface area contributed by atoms with E-state index in [-0.39, 0.29) is 10.7 Å². The van der Waals surface area contributed by atoms with E-state index in [4.69, 9.17) is 0 Å². The summed E-state index contributed by atoms with van der Waals surface area (Å²) in [7, 11) is -4.09. The van der Waals surface area contributed by atoms with Crippen molar-refractivity contribution in [3.05, 3.63) is 47.9 Å². The van der Waals surface area contributed by atoms with Gasteiger partial charge in [0.05, 0.1) is 10.5 Å². The number of carbonyl (C=O) groups excluding carboxylic acids is 1. The molecule has 1 N–H and O–H groups in total. The van der Waals surface area contributed by atoms with Gasteiger partial charge in [-0.2, -0.15) is 13.2 Å². The van der Waals surface area contributed by atoms with Gasteiger partial charge in [0.25, 0.3) is 0 Å². The smallest absolute Gasteiger partial charge is 0.309 e. The van der Waals surface area contributed by atoms with E-state index in [9.17, 15) is 26.4 Å². The second-order valence-electron chi connectivity index (χ2n) is 6.03. The molecule has 0 aliphatic heterocycles. The van der Waals surface area contributed by atoms with Gasteiger partial charge in [-0.05, 0) is 45.0 Å². The third-order valence-corrected chi connectivity index (χ3v) is 6.14. The van der Waals surface area contributed by atoms with E-state index >= 15 is 0 Å². The summed E-state index contributed by atoms with van der Waals surface area (Å²) in [5, 5.41) is 2.23. The van der Waals surface area contributed by atoms with Crippen LogP contribution in [0.5, 0.6) is 0 Å². The molecule has 2 aromatic rings. The van der Waals surface area contributed by atoms with Gasteiger partial charge in [-0.3, -0.25) is 9.78 Å². The highest BCUT2D eigenvalue weighted by Gasteiger charge is 2.43. The molecule has 26 heavy (non-hydrogen) atoms. The molecule has 0 spiro atoms. The molecule has 0 aromatic carbocycles. The van der Waals surface area contributed by atoms with Gasteiger partial charge in [-0.15, -0.1) is 0 Å². The summed E-state index contributed by atoms with van der Waals surface area (Å²) in [6, 6.07) is 4.53. The first-order valence-corrected chi connectivity index (χ1v) is 8.86. The fourth-order valence-corrected chi connectivity index (χ4v) is 3.26. The van der Waals surface area contributed by atoms with Crippen molar-refractivity contribution in [3.8, 4) is 0 Å². The molecule has 140 valence electrons. The summed E-state index contributed by atoms with van der Waals surface area (Å²) >= 11 is 0. The van der Waals surface area contributed by atoms with Crippen LogP contribution >= 0.6 is 0 Å². The number of nitrogens with zero attached hydrogens (tertiary/aromatic N) is 2. The molecule has 0 atom stereocenters. The number of aryl methyl sites for hydroxylation is 1. The van der Waals surface area contributed by atoms with E-state index < -0.39 is 32.2 Å². The molecule has 0 aliphatic carbocycles. The van der Waals surface area contributed by atoms with E-state index in [2.05, 4.69) is 15.3 Å². The Bertz CT molecular complexity index is 906. The predicted octanol–water partition coefficient (Wildman–Crippen LogP) is 2.99. The fourth-order valence-electron chi connectivity index (χ4n) is 1.93. The number of rotatable bonds is 4. The van der Waals surface area contributed by atoms with Crippen LogP contribution in [-0.4, -0.2) is 29.0 Å². The van der Waals surface area contributed by atoms with Crippen LogP contribution in [0.1, 0.15) is 25.1 Å². The molecule has 0 saturated heterocycles. The zero-order valence-electron chi connectivity index (χ0n) is 14.1. The van der Waals surface area contributed by atoms with Crippen molar-refractivity contribution in [2.75, 3.05) is 5.32 Å². The SMILES string of the molecule is Cc1ccc(S(=O)(=O)C(C)(C)C(=O)Nc2ccc(C(F)(F)F)cn2)cn1. The first kappa shape index (κ1) is 19.8. The van der Waals surface area contributed by atoms with Crippen LogP contribution in [0.15, 0.2) is 41.6 Å². The van der Waals surface area contributed by atoms with Gasteiger partial charge in [0.1, 0.15) is 10.6 Å². The van der Waals surface area contributed by atoms with Crippen LogP contribution in [0.4, 0.5) is 19.0 Å². The molecule has 6 nitrogen and oxygen atoms in total. The molecule has 1 amide bonds. The molecule has 0 radical (unpaired) electrons. The first-order chi connectivity index (χ1) is 11.9. The summed E-state index contributed by atoms with van der Waals surface area (Å²) < 4.78 is 61.1. The van der Waals surface area contributed by atoms with Gasteiger partial charge in [0.15, 0.2) is 9.84 Å². The predicted molar refractivity (Wildman–Crippen MR) is 88.1 cm³/mol. The number of aromatic nitrogens is 2. The van der Waals surface area contributed by atoms with Crippen molar-refractivity contribution in [1.82, 2.24) is 9.97 Å². The molecule has 0 saturated carbocycles. The second-order valence-corrected chi connectivity index (χ2v) is 8.53. The van der Waals surface area contributed by atoms with Gasteiger partial charge in [0.2, 0.25) is 5.91 Å². The van der Waals surface area contributed by atoms with E-state index in [1.807, 2.05) is 0 Å². The number of alkyl halides is 3. The summed E-state index contributed by atoms with van der Waals surface area (Å²) in [5.74, 6) is -1.11. The molecule has 2 rings (SSSR count). The van der Waals surface area contributed by atoms with Gasteiger partial charge in [-0.25, -0.2) is 13.4 Å². The average molecular weight is 387 g/mol. The van der Waals surface area contributed by atoms with Crippen molar-refractivity contribution in [1.29, 1.82) is 0 Å². The highest BCUT2D eigenvalue weighted by atomic mass is 32.2. The van der Waals surface area contributed by atoms with E-state index in [1.165, 1.54) is 26.0 Å². The Labute approximate surface area is 148 Å². The molecule has 0 bridgehead atoms. The normalized spacial score (nSPS) is 12.7. The third-order valence-electron chi connectivity index (χ3n) is 3.75. The number of sulfone groups is 1. The molecule has 0 fully saturated rings. The van der Waals surface area contributed by atoms with Crippen LogP contribution in [0.3, 0.4) is 0 Å². The summed E-state index contributed by atoms with van der Waals surface area (Å²) in [6.45, 7) is 4.08. The number of amides is 1. The molecule has 2 aromatic heterocycles. The fraction of sp³-hybridized carbons (Fsp3) is 0.312. The minimum Gasteiger partial charge on any atom is -0.309 e. The van der Waals surface area contributed by atoms with Crippen molar-refractivity contribution < 1.29 is 26.4 Å². The van der Waals surface area contributed by atoms with Crippen LogP contribution < -0.4 is 5.32 Å². The Morgan fingerprint density at radius 2 is 1.69 bits per heavy atom. The number of anilines is 1. The van der Waals surface area contributed by atoms with Gasteiger partial charge in [-0.1, -0.05) is 0 Å². The topological polar surface area (TPSA) is 89.0 Å². The molecule has 0 aliphatic rings. The highest BCUT2D eigenvalue weighted by Crippen LogP contribution is 2.30. The van der Waals surface area contributed by atoms with Gasteiger partial charge in [0, 0.05) is 18.1 Å². The lowest BCUT2D eigenvalue weighted by Crippen LogP contribution is -2.44. The maximum absolute atomic E-state index is 12.7. The lowest BCUT2D eigenvalue weighted by Gasteiger charge is -2.23. The van der Waals surface area contributed by atoms with Crippen molar-refractivity contribution >= 4 is 21.6 Å². The lowest BCUT2D eigenvalue weighted by molar-refractivity contribution is -0.137. The van der Waals surface area contributed by atoms with Crippen molar-refractivity contribution in [3.63, 3.8) is 0 Å². The summed E-state index contributed by atoms with van der Waals surface area (Å²) in [4.78, 5) is 19.7. The molecular weight excluding hydrogens is 371 g/mol. The van der Waals surface area contributed by atoms with Gasteiger partial charge >= 0.3 is 6.18 Å². The maximum atomic E-state index is 12.7. The maximum Gasteiger partial charge on any atom is 0.417 e. The molecular formula is C16H16F3N3O3S. The second kappa shape index (κ2) is 6.67. The quantitative estimate of drug-likeness (QED) is 0.871. The third kappa shape index (κ3) is 3.85. The number of pyridine rings is 2. The minimum atomic E-state index is -4.56. The zero-order valence-corrected chi connectivity index (χ0v) is 14.9. The lowest BCUT2D eigenvalue weighted by atomic mass is 10.2. The Kier molecular flexibility index (Phi) is 5.09. The summed E-state index contributed by atoms with van der Waals surface area (Å²) in [6.07, 6.45) is -2.85. The first-order valence-electron chi connectivity index (χ1n) is 7.37. The van der Waals surface area contributed by atoms with Crippen LogP contribution in [0, 0.1) is 6.92 Å². The molecule has 10 heteroatoms. The standard InChI is InChI=1S/C16H16F3N3O3S/c1-10-4-6-12(9-20-10)26(24,25)15(2,3)14(23)22-13-7-5-11(8-21-13)16(17,18)19/h4-9H,1-3H3,(H,21,22,23). The Balaban J connectivity index is 2.25. The Hall–Kier alpha value is -2.49. The number of hydrogen-bond acceptors (Lipinski definition) is 5. The van der Waals surface area contributed by atoms with Crippen molar-refractivity contribution in [2.24, 2.45) is 0 Å². The number of nitrogens with one attached hydrogen (secondary N) is 1. The van der Waals surface area contributed by atoms with Crippen LogP contribution in [-0.2, 0) is 20.8 Å². The Morgan fingerprint density at radius 3 is 2.15 bits per heavy atom. The zero-order chi connectivity index (χ0) is 19.8. The van der Waals surface area contributed by atoms with Crippen LogP contribution in [0.2, 0.25) is 0 Å². The number of halogens is 3. The van der Waals surface area contributed by atoms with Crippen LogP contribution in [0.25, 0.3) is 0 Å². The highest BCUT2D eigenvalue weighted by molar-refractivity contribution is 7.93. The number of carbonyl (C=O) groups is 1. The molecule has 2 heterocycles. The van der Waals surface area contributed by atoms with Gasteiger partial charge < -0.3 is 5.32 Å². The van der Waals surface area contributed by atoms with E-state index in [1.54, 1.807) is 6.92 Å². The van der Waals surface area contributed by atoms with Crippen molar-refractivity contribution in [2.45, 2.75) is 36.6 Å². The summed E-state index contributed by atoms with van der Waals surface area (Å²) in [5.41, 5.74) is -0.367. The van der Waals surface area contributed by atoms with E-state index in [0.29, 0.717) is 11.9 Å².